The predicted molar refractivity (Wildman–Crippen MR) is 193 cm³/mol. The molecule has 6 aromatic rings. The van der Waals surface area contributed by atoms with E-state index in [1.54, 1.807) is 0 Å². The average molecular weight is 600 g/mol. The van der Waals surface area contributed by atoms with Gasteiger partial charge in [0, 0.05) is 16.9 Å². The van der Waals surface area contributed by atoms with Crippen LogP contribution < -0.4 is 10.4 Å². The Morgan fingerprint density at radius 3 is 1.52 bits per heavy atom. The molecule has 6 aromatic carbocycles. The molecule has 0 N–H and O–H groups in total. The first-order valence-corrected chi connectivity index (χ1v) is 16.0. The zero-order chi connectivity index (χ0) is 31.7. The molecular weight excluding hydrogens is 561 g/mol. The van der Waals surface area contributed by atoms with Crippen molar-refractivity contribution >= 4 is 29.6 Å². The first-order chi connectivity index (χ1) is 22.3. The fourth-order valence-electron chi connectivity index (χ4n) is 6.04. The highest BCUT2D eigenvalue weighted by Gasteiger charge is 2.51. The Bertz CT molecular complexity index is 1920. The van der Waals surface area contributed by atoms with Crippen molar-refractivity contribution in [2.45, 2.75) is 38.9 Å². The summed E-state index contributed by atoms with van der Waals surface area (Å²) in [7, 11) is -0.457. The van der Waals surface area contributed by atoms with Crippen molar-refractivity contribution in [1.29, 1.82) is 0 Å². The van der Waals surface area contributed by atoms with Crippen molar-refractivity contribution in [3.05, 3.63) is 158 Å². The fourth-order valence-corrected chi connectivity index (χ4v) is 6.04. The van der Waals surface area contributed by atoms with Gasteiger partial charge in [-0.1, -0.05) is 127 Å². The lowest BCUT2D eigenvalue weighted by Crippen LogP contribution is -2.41. The summed E-state index contributed by atoms with van der Waals surface area (Å²) in [4.78, 5) is 2.36. The van der Waals surface area contributed by atoms with E-state index < -0.39 is 18.3 Å². The van der Waals surface area contributed by atoms with Gasteiger partial charge in [-0.3, -0.25) is 0 Å². The van der Waals surface area contributed by atoms with Gasteiger partial charge in [0.2, 0.25) is 0 Å². The number of hydrogen-bond acceptors (Lipinski definition) is 3. The fraction of sp³-hybridized carbons (Fsp3) is 0.143. The minimum atomic E-state index is -0.457. The molecule has 0 unspecified atom stereocenters. The van der Waals surface area contributed by atoms with Crippen LogP contribution in [0.5, 0.6) is 0 Å². The summed E-state index contributed by atoms with van der Waals surface area (Å²) in [5.74, 6) is 0. The molecule has 4 heteroatoms. The van der Waals surface area contributed by atoms with Crippen molar-refractivity contribution in [2.24, 2.45) is 0 Å². The maximum Gasteiger partial charge on any atom is 0.494 e. The molecule has 1 saturated heterocycles. The molecule has 1 aliphatic heterocycles. The minimum Gasteiger partial charge on any atom is -0.399 e. The van der Waals surface area contributed by atoms with Crippen LogP contribution in [0.15, 0.2) is 158 Å². The second-order valence-corrected chi connectivity index (χ2v) is 12.9. The maximum absolute atomic E-state index is 6.49. The van der Waals surface area contributed by atoms with E-state index in [0.717, 1.165) is 33.7 Å². The summed E-state index contributed by atoms with van der Waals surface area (Å²) in [6.45, 7) is 8.39. The zero-order valence-corrected chi connectivity index (χ0v) is 26.9. The van der Waals surface area contributed by atoms with E-state index in [1.165, 1.54) is 22.3 Å². The van der Waals surface area contributed by atoms with E-state index in [0.29, 0.717) is 0 Å². The van der Waals surface area contributed by atoms with E-state index >= 15 is 0 Å². The average Bonchev–Trinajstić information content (AvgIpc) is 3.32. The molecule has 46 heavy (non-hydrogen) atoms. The monoisotopic (exact) mass is 599 g/mol. The lowest BCUT2D eigenvalue weighted by atomic mass is 9.77. The molecule has 0 atom stereocenters. The van der Waals surface area contributed by atoms with Crippen LogP contribution in [-0.2, 0) is 9.31 Å². The van der Waals surface area contributed by atoms with Crippen molar-refractivity contribution in [1.82, 2.24) is 0 Å². The quantitative estimate of drug-likeness (QED) is 0.171. The van der Waals surface area contributed by atoms with E-state index in [-0.39, 0.29) is 0 Å². The molecule has 7 rings (SSSR count). The van der Waals surface area contributed by atoms with Crippen LogP contribution in [0.3, 0.4) is 0 Å². The number of hydrogen-bond donors (Lipinski definition) is 0. The van der Waals surface area contributed by atoms with E-state index in [9.17, 15) is 0 Å². The molecule has 0 aliphatic carbocycles. The Balaban J connectivity index is 1.39. The molecular formula is C42H38BNO2. The van der Waals surface area contributed by atoms with Gasteiger partial charge >= 0.3 is 7.12 Å². The number of nitrogens with zero attached hydrogens (tertiary/aromatic N) is 1. The van der Waals surface area contributed by atoms with Crippen LogP contribution in [0.2, 0.25) is 0 Å². The van der Waals surface area contributed by atoms with Gasteiger partial charge in [0.25, 0.3) is 0 Å². The lowest BCUT2D eigenvalue weighted by Gasteiger charge is -2.32. The van der Waals surface area contributed by atoms with Gasteiger partial charge in [-0.25, -0.2) is 0 Å². The summed E-state index contributed by atoms with van der Waals surface area (Å²) in [6, 6.07) is 55.9. The third-order valence-electron chi connectivity index (χ3n) is 9.32. The SMILES string of the molecule is CC1(C)OB(c2ccc(N(c3ccc(-c4ccccc4)cc3)c3cccc(-c4ccccc4)c3)c(-c3ccccc3)c2)OC1(C)C. The van der Waals surface area contributed by atoms with Crippen molar-refractivity contribution in [3.8, 4) is 33.4 Å². The molecule has 0 aromatic heterocycles. The number of rotatable bonds is 7. The zero-order valence-electron chi connectivity index (χ0n) is 26.9. The Kier molecular flexibility index (Phi) is 7.86. The summed E-state index contributed by atoms with van der Waals surface area (Å²) >= 11 is 0. The molecule has 1 aliphatic rings. The van der Waals surface area contributed by atoms with Gasteiger partial charge in [-0.2, -0.15) is 0 Å². The topological polar surface area (TPSA) is 21.7 Å². The molecule has 0 amide bonds. The normalized spacial score (nSPS) is 15.1. The second kappa shape index (κ2) is 12.1. The Morgan fingerprint density at radius 2 is 0.935 bits per heavy atom. The Morgan fingerprint density at radius 1 is 0.435 bits per heavy atom. The molecule has 3 nitrogen and oxygen atoms in total. The van der Waals surface area contributed by atoms with Gasteiger partial charge in [-0.05, 0) is 91.3 Å². The van der Waals surface area contributed by atoms with E-state index in [4.69, 9.17) is 9.31 Å². The molecule has 0 saturated carbocycles. The summed E-state index contributed by atoms with van der Waals surface area (Å²) in [5.41, 5.74) is 10.3. The molecule has 1 fully saturated rings. The van der Waals surface area contributed by atoms with Gasteiger partial charge in [0.1, 0.15) is 0 Å². The summed E-state index contributed by atoms with van der Waals surface area (Å²) in [6.07, 6.45) is 0. The van der Waals surface area contributed by atoms with Crippen molar-refractivity contribution in [3.63, 3.8) is 0 Å². The molecule has 0 bridgehead atoms. The molecule has 226 valence electrons. The molecule has 0 radical (unpaired) electrons. The number of anilines is 3. The van der Waals surface area contributed by atoms with Crippen LogP contribution in [0.1, 0.15) is 27.7 Å². The Hall–Kier alpha value is -4.90. The van der Waals surface area contributed by atoms with Crippen LogP contribution in [-0.4, -0.2) is 18.3 Å². The highest BCUT2D eigenvalue weighted by molar-refractivity contribution is 6.62. The van der Waals surface area contributed by atoms with Crippen molar-refractivity contribution in [2.75, 3.05) is 4.90 Å². The maximum atomic E-state index is 6.49. The molecule has 0 spiro atoms. The van der Waals surface area contributed by atoms with Gasteiger partial charge in [0.05, 0.1) is 16.9 Å². The van der Waals surface area contributed by atoms with Crippen LogP contribution in [0, 0.1) is 0 Å². The van der Waals surface area contributed by atoms with Crippen LogP contribution in [0.25, 0.3) is 33.4 Å². The molecule has 1 heterocycles. The van der Waals surface area contributed by atoms with Crippen LogP contribution in [0.4, 0.5) is 17.1 Å². The summed E-state index contributed by atoms with van der Waals surface area (Å²) in [5, 5.41) is 0. The van der Waals surface area contributed by atoms with Crippen molar-refractivity contribution < 1.29 is 9.31 Å². The largest absolute Gasteiger partial charge is 0.494 e. The highest BCUT2D eigenvalue weighted by atomic mass is 16.7. The van der Waals surface area contributed by atoms with Crippen LogP contribution >= 0.6 is 0 Å². The lowest BCUT2D eigenvalue weighted by molar-refractivity contribution is 0.00578. The summed E-state index contributed by atoms with van der Waals surface area (Å²) < 4.78 is 13.0. The first kappa shape index (κ1) is 29.8. The van der Waals surface area contributed by atoms with Gasteiger partial charge < -0.3 is 14.2 Å². The van der Waals surface area contributed by atoms with Gasteiger partial charge in [0.15, 0.2) is 0 Å². The standard InChI is InChI=1S/C42H38BNO2/c1-41(2)42(3,4)46-43(45-41)36-25-28-40(39(30-36)34-19-12-7-13-20-34)44(37-26-23-33(24-27-37)31-15-8-5-9-16-31)38-22-14-21-35(29-38)32-17-10-6-11-18-32/h5-30H,1-4H3. The Labute approximate surface area is 273 Å². The van der Waals surface area contributed by atoms with E-state index in [1.807, 2.05) is 0 Å². The third-order valence-corrected chi connectivity index (χ3v) is 9.32. The number of benzene rings is 6. The highest BCUT2D eigenvalue weighted by Crippen LogP contribution is 2.43. The third kappa shape index (κ3) is 5.78. The minimum absolute atomic E-state index is 0.423. The predicted octanol–water partition coefficient (Wildman–Crippen LogP) is 10.5. The van der Waals surface area contributed by atoms with E-state index in [2.05, 4.69) is 190 Å². The first-order valence-electron chi connectivity index (χ1n) is 16.0. The second-order valence-electron chi connectivity index (χ2n) is 12.9. The van der Waals surface area contributed by atoms with Gasteiger partial charge in [-0.15, -0.1) is 0 Å². The smallest absolute Gasteiger partial charge is 0.399 e.